The molecule has 1 heterocycles. The van der Waals surface area contributed by atoms with Crippen LogP contribution in [0.25, 0.3) is 0 Å². The number of hydrogen-bond donors (Lipinski definition) is 1. The Labute approximate surface area is 227 Å². The van der Waals surface area contributed by atoms with Crippen molar-refractivity contribution in [3.63, 3.8) is 0 Å². The lowest BCUT2D eigenvalue weighted by atomic mass is 9.86. The predicted octanol–water partition coefficient (Wildman–Crippen LogP) is 7.08. The van der Waals surface area contributed by atoms with E-state index in [1.54, 1.807) is 18.2 Å². The summed E-state index contributed by atoms with van der Waals surface area (Å²) in [5, 5.41) is 3.46. The first kappa shape index (κ1) is 28.0. The van der Waals surface area contributed by atoms with E-state index >= 15 is 4.39 Å². The number of halogens is 5. The molecule has 0 atom stereocenters. The van der Waals surface area contributed by atoms with Crippen molar-refractivity contribution in [1.82, 2.24) is 0 Å². The molecule has 1 amide bonds. The number of hydrogen-bond acceptors (Lipinski definition) is 4. The molecule has 1 N–H and O–H groups in total. The summed E-state index contributed by atoms with van der Waals surface area (Å²) in [7, 11) is 0. The van der Waals surface area contributed by atoms with Crippen molar-refractivity contribution in [3.05, 3.63) is 93.2 Å². The zero-order valence-electron chi connectivity index (χ0n) is 20.3. The van der Waals surface area contributed by atoms with Gasteiger partial charge in [-0.25, -0.2) is 4.39 Å². The van der Waals surface area contributed by atoms with Gasteiger partial charge in [-0.15, -0.1) is 0 Å². The first-order valence-electron chi connectivity index (χ1n) is 11.8. The van der Waals surface area contributed by atoms with Gasteiger partial charge in [0.25, 0.3) is 0 Å². The van der Waals surface area contributed by atoms with E-state index in [4.69, 9.17) is 32.7 Å². The minimum absolute atomic E-state index is 0.0158. The molecule has 1 aliphatic heterocycles. The number of alkyl halides is 2. The standard InChI is InChI=1S/C28H24Cl2F3NO4/c1-17(35)28(32,33)19-4-2-18(3-5-19)14-26(36)34-21-7-9-25(24(31)16-21)38-27(10-12-37-13-11-27)22-8-6-20(29)15-23(22)30/h2-9,15-16H,10-14H2,1H3,(H,34,36). The second kappa shape index (κ2) is 11.4. The fourth-order valence-corrected chi connectivity index (χ4v) is 4.86. The Bertz CT molecular complexity index is 1340. The molecule has 0 saturated carbocycles. The largest absolute Gasteiger partial charge is 0.479 e. The van der Waals surface area contributed by atoms with Crippen LogP contribution in [-0.4, -0.2) is 24.9 Å². The molecular weight excluding hydrogens is 542 g/mol. The molecule has 1 fully saturated rings. The van der Waals surface area contributed by atoms with Gasteiger partial charge in [-0.05, 0) is 29.8 Å². The Balaban J connectivity index is 1.46. The summed E-state index contributed by atoms with van der Waals surface area (Å²) in [6, 6.07) is 14.0. The van der Waals surface area contributed by atoms with Crippen LogP contribution in [0.4, 0.5) is 18.9 Å². The van der Waals surface area contributed by atoms with Crippen LogP contribution in [0.3, 0.4) is 0 Å². The lowest BCUT2D eigenvalue weighted by Gasteiger charge is -2.38. The second-order valence-electron chi connectivity index (χ2n) is 9.03. The molecule has 3 aromatic carbocycles. The third-order valence-electron chi connectivity index (χ3n) is 6.37. The number of anilines is 1. The number of carbonyl (C=O) groups is 2. The summed E-state index contributed by atoms with van der Waals surface area (Å²) in [5.41, 5.74) is -0.0427. The van der Waals surface area contributed by atoms with Crippen LogP contribution in [0.2, 0.25) is 10.0 Å². The van der Waals surface area contributed by atoms with Crippen molar-refractivity contribution >= 4 is 40.6 Å². The van der Waals surface area contributed by atoms with Crippen LogP contribution in [0.1, 0.15) is 36.5 Å². The van der Waals surface area contributed by atoms with Gasteiger partial charge in [0.15, 0.2) is 11.6 Å². The zero-order valence-corrected chi connectivity index (χ0v) is 21.8. The van der Waals surface area contributed by atoms with E-state index in [-0.39, 0.29) is 17.9 Å². The van der Waals surface area contributed by atoms with E-state index in [1.165, 1.54) is 24.3 Å². The third-order valence-corrected chi connectivity index (χ3v) is 6.91. The van der Waals surface area contributed by atoms with Gasteiger partial charge in [-0.2, -0.15) is 8.78 Å². The van der Waals surface area contributed by atoms with Crippen molar-refractivity contribution in [1.29, 1.82) is 0 Å². The van der Waals surface area contributed by atoms with E-state index in [0.717, 1.165) is 25.1 Å². The number of ether oxygens (including phenoxy) is 2. The van der Waals surface area contributed by atoms with Gasteiger partial charge < -0.3 is 14.8 Å². The molecule has 0 bridgehead atoms. The van der Waals surface area contributed by atoms with Crippen LogP contribution in [-0.2, 0) is 32.3 Å². The molecule has 4 rings (SSSR count). The smallest absolute Gasteiger partial charge is 0.330 e. The normalized spacial score (nSPS) is 15.1. The Morgan fingerprint density at radius 1 is 1.03 bits per heavy atom. The number of Topliss-reactive ketones (excluding diaryl/α,β-unsaturated/α-hetero) is 1. The Morgan fingerprint density at radius 2 is 1.71 bits per heavy atom. The Morgan fingerprint density at radius 3 is 2.32 bits per heavy atom. The quantitative estimate of drug-likeness (QED) is 0.317. The summed E-state index contributed by atoms with van der Waals surface area (Å²) < 4.78 is 54.5. The van der Waals surface area contributed by atoms with E-state index < -0.39 is 34.6 Å². The van der Waals surface area contributed by atoms with Crippen molar-refractivity contribution in [2.24, 2.45) is 0 Å². The van der Waals surface area contributed by atoms with Crippen molar-refractivity contribution in [2.75, 3.05) is 18.5 Å². The maximum Gasteiger partial charge on any atom is 0.330 e. The van der Waals surface area contributed by atoms with E-state index in [2.05, 4.69) is 5.32 Å². The van der Waals surface area contributed by atoms with Crippen molar-refractivity contribution in [2.45, 2.75) is 37.7 Å². The molecule has 38 heavy (non-hydrogen) atoms. The predicted molar refractivity (Wildman–Crippen MR) is 139 cm³/mol. The van der Waals surface area contributed by atoms with Crippen molar-refractivity contribution < 1.29 is 32.2 Å². The van der Waals surface area contributed by atoms with Gasteiger partial charge in [0.2, 0.25) is 11.7 Å². The fraction of sp³-hybridized carbons (Fsp3) is 0.286. The molecule has 1 aliphatic rings. The number of amides is 1. The lowest BCUT2D eigenvalue weighted by molar-refractivity contribution is -0.141. The average Bonchev–Trinajstić information content (AvgIpc) is 2.86. The Hall–Kier alpha value is -3.07. The number of benzene rings is 3. The number of nitrogens with one attached hydrogen (secondary N) is 1. The fourth-order valence-electron chi connectivity index (χ4n) is 4.28. The van der Waals surface area contributed by atoms with E-state index in [1.807, 2.05) is 0 Å². The van der Waals surface area contributed by atoms with Crippen molar-refractivity contribution in [3.8, 4) is 5.75 Å². The van der Waals surface area contributed by atoms with E-state index in [0.29, 0.717) is 47.2 Å². The first-order chi connectivity index (χ1) is 18.0. The molecule has 200 valence electrons. The molecule has 0 aromatic heterocycles. The maximum absolute atomic E-state index is 15.1. The summed E-state index contributed by atoms with van der Waals surface area (Å²) >= 11 is 12.5. The van der Waals surface area contributed by atoms with E-state index in [9.17, 15) is 18.4 Å². The molecule has 5 nitrogen and oxygen atoms in total. The molecule has 0 unspecified atom stereocenters. The lowest BCUT2D eigenvalue weighted by Crippen LogP contribution is -2.39. The summed E-state index contributed by atoms with van der Waals surface area (Å²) in [6.45, 7) is 1.62. The van der Waals surface area contributed by atoms with Gasteiger partial charge in [0, 0.05) is 52.7 Å². The minimum atomic E-state index is -3.59. The second-order valence-corrected chi connectivity index (χ2v) is 9.87. The zero-order chi connectivity index (χ0) is 27.5. The highest BCUT2D eigenvalue weighted by Gasteiger charge is 2.39. The van der Waals surface area contributed by atoms with Gasteiger partial charge in [-0.1, -0.05) is 53.5 Å². The molecule has 0 spiro atoms. The SMILES string of the molecule is CC(=O)C(F)(F)c1ccc(CC(=O)Nc2ccc(OC3(c4ccc(Cl)cc4Cl)CCOCC3)c(F)c2)cc1. The third kappa shape index (κ3) is 6.14. The van der Waals surface area contributed by atoms with Crippen LogP contribution >= 0.6 is 23.2 Å². The van der Waals surface area contributed by atoms with Gasteiger partial charge in [0.1, 0.15) is 5.60 Å². The minimum Gasteiger partial charge on any atom is -0.479 e. The number of ketones is 1. The first-order valence-corrected chi connectivity index (χ1v) is 12.6. The number of carbonyl (C=O) groups excluding carboxylic acids is 2. The molecule has 3 aromatic rings. The monoisotopic (exact) mass is 565 g/mol. The summed E-state index contributed by atoms with van der Waals surface area (Å²) in [5.74, 6) is -6.04. The van der Waals surface area contributed by atoms with Crippen LogP contribution in [0.15, 0.2) is 60.7 Å². The summed E-state index contributed by atoms with van der Waals surface area (Å²) in [4.78, 5) is 23.6. The van der Waals surface area contributed by atoms with Crippen LogP contribution < -0.4 is 10.1 Å². The molecule has 10 heteroatoms. The van der Waals surface area contributed by atoms with Gasteiger partial charge >= 0.3 is 5.92 Å². The Kier molecular flexibility index (Phi) is 8.35. The molecule has 0 radical (unpaired) electrons. The maximum atomic E-state index is 15.1. The number of rotatable bonds is 8. The highest BCUT2D eigenvalue weighted by Crippen LogP contribution is 2.42. The molecular formula is C28H24Cl2F3NO4. The highest BCUT2D eigenvalue weighted by atomic mass is 35.5. The molecule has 0 aliphatic carbocycles. The highest BCUT2D eigenvalue weighted by molar-refractivity contribution is 6.35. The molecule has 1 saturated heterocycles. The average molecular weight is 566 g/mol. The van der Waals surface area contributed by atoms with Crippen LogP contribution in [0.5, 0.6) is 5.75 Å². The van der Waals surface area contributed by atoms with Crippen LogP contribution in [0, 0.1) is 5.82 Å². The van der Waals surface area contributed by atoms with Gasteiger partial charge in [-0.3, -0.25) is 9.59 Å². The topological polar surface area (TPSA) is 64.6 Å². The van der Waals surface area contributed by atoms with Gasteiger partial charge in [0.05, 0.1) is 19.6 Å². The summed E-state index contributed by atoms with van der Waals surface area (Å²) in [6.07, 6.45) is 0.761.